The molecule has 2 aliphatic rings. The quantitative estimate of drug-likeness (QED) is 0.169. The summed E-state index contributed by atoms with van der Waals surface area (Å²) in [6, 6.07) is 7.81. The van der Waals surface area contributed by atoms with E-state index in [1.54, 1.807) is 0 Å². The number of fused-ring (bicyclic) bond motifs is 1. The van der Waals surface area contributed by atoms with Crippen molar-refractivity contribution < 1.29 is 64.6 Å². The molecule has 10 atom stereocenters. The number of aliphatic hydroxyl groups is 7. The molecule has 0 amide bonds. The van der Waals surface area contributed by atoms with Crippen LogP contribution in [0.4, 0.5) is 0 Å². The van der Waals surface area contributed by atoms with Crippen LogP contribution in [0, 0.1) is 0 Å². The molecule has 5 rings (SSSR count). The molecular weight excluding hydrogens is 548 g/mol. The molecule has 0 aliphatic carbocycles. The molecule has 0 unspecified atom stereocenters. The van der Waals surface area contributed by atoms with Gasteiger partial charge in [-0.1, -0.05) is 0 Å². The largest absolute Gasteiger partial charge is 0.507 e. The average molecular weight is 579 g/mol. The topological polar surface area (TPSA) is 240 Å². The van der Waals surface area contributed by atoms with E-state index in [2.05, 4.69) is 0 Å². The zero-order valence-corrected chi connectivity index (χ0v) is 21.5. The minimum atomic E-state index is -1.81. The molecule has 14 heteroatoms. The van der Waals surface area contributed by atoms with E-state index in [0.717, 1.165) is 12.1 Å². The molecular formula is C27H30O14. The number of hydrogen-bond acceptors (Lipinski definition) is 14. The van der Waals surface area contributed by atoms with Gasteiger partial charge in [0.15, 0.2) is 11.0 Å². The number of ether oxygens (including phenoxy) is 3. The summed E-state index contributed by atoms with van der Waals surface area (Å²) in [5.74, 6) is -1.10. The van der Waals surface area contributed by atoms with Gasteiger partial charge in [-0.15, -0.1) is 0 Å². The lowest BCUT2D eigenvalue weighted by molar-refractivity contribution is -0.268. The number of rotatable bonds is 5. The second kappa shape index (κ2) is 11.2. The fourth-order valence-electron chi connectivity index (χ4n) is 5.02. The lowest BCUT2D eigenvalue weighted by Gasteiger charge is -2.40. The van der Waals surface area contributed by atoms with E-state index in [9.17, 15) is 50.8 Å². The van der Waals surface area contributed by atoms with Gasteiger partial charge >= 0.3 is 0 Å². The van der Waals surface area contributed by atoms with Crippen LogP contribution in [-0.2, 0) is 9.47 Å². The Hall–Kier alpha value is -3.31. The minimum absolute atomic E-state index is 0.0361. The molecule has 0 bridgehead atoms. The Morgan fingerprint density at radius 1 is 0.805 bits per heavy atom. The van der Waals surface area contributed by atoms with Gasteiger partial charge in [-0.25, -0.2) is 0 Å². The van der Waals surface area contributed by atoms with E-state index < -0.39 is 84.8 Å². The van der Waals surface area contributed by atoms with Gasteiger partial charge in [0.05, 0.1) is 18.3 Å². The highest BCUT2D eigenvalue weighted by molar-refractivity contribution is 5.89. The summed E-state index contributed by atoms with van der Waals surface area (Å²) in [7, 11) is 0. The molecule has 41 heavy (non-hydrogen) atoms. The fourth-order valence-corrected chi connectivity index (χ4v) is 5.02. The first-order chi connectivity index (χ1) is 19.4. The first-order valence-corrected chi connectivity index (χ1v) is 12.7. The molecule has 2 saturated heterocycles. The molecule has 3 heterocycles. The summed E-state index contributed by atoms with van der Waals surface area (Å²) in [5, 5.41) is 91.4. The van der Waals surface area contributed by atoms with Crippen LogP contribution in [0.15, 0.2) is 45.6 Å². The van der Waals surface area contributed by atoms with Gasteiger partial charge in [-0.2, -0.15) is 0 Å². The molecule has 9 N–H and O–H groups in total. The summed E-state index contributed by atoms with van der Waals surface area (Å²) < 4.78 is 22.5. The van der Waals surface area contributed by atoms with Gasteiger partial charge in [0.2, 0.25) is 6.29 Å². The first kappa shape index (κ1) is 29.2. The number of benzene rings is 2. The van der Waals surface area contributed by atoms with Gasteiger partial charge in [-0.3, -0.25) is 4.79 Å². The molecule has 222 valence electrons. The summed E-state index contributed by atoms with van der Waals surface area (Å²) in [5.41, 5.74) is -1.06. The maximum atomic E-state index is 13.1. The van der Waals surface area contributed by atoms with Crippen molar-refractivity contribution in [1.29, 1.82) is 0 Å². The van der Waals surface area contributed by atoms with Crippen molar-refractivity contribution in [3.8, 4) is 28.6 Å². The first-order valence-electron chi connectivity index (χ1n) is 12.7. The third kappa shape index (κ3) is 5.14. The summed E-state index contributed by atoms with van der Waals surface area (Å²) >= 11 is 0. The molecule has 0 radical (unpaired) electrons. The van der Waals surface area contributed by atoms with Gasteiger partial charge < -0.3 is 64.6 Å². The summed E-state index contributed by atoms with van der Waals surface area (Å²) in [4.78, 5) is 13.1. The molecule has 2 aliphatic heterocycles. The molecule has 2 fully saturated rings. The Balaban J connectivity index is 1.51. The van der Waals surface area contributed by atoms with E-state index in [-0.39, 0.29) is 28.0 Å². The fraction of sp³-hybridized carbons (Fsp3) is 0.444. The van der Waals surface area contributed by atoms with Crippen molar-refractivity contribution in [3.63, 3.8) is 0 Å². The Kier molecular flexibility index (Phi) is 7.95. The Morgan fingerprint density at radius 2 is 1.46 bits per heavy atom. The van der Waals surface area contributed by atoms with Crippen LogP contribution in [0.25, 0.3) is 22.3 Å². The summed E-state index contributed by atoms with van der Waals surface area (Å²) in [6.45, 7) is 0.776. The SMILES string of the molecule is C[C@@H]1O[C@@H](Oc2ccc(-c3cc(=O)c4c(O)cc(O)c([C@@H]5O[C@H](CO)[C@@H](O)[C@H](O)[C@H]5O)c4o3)cc2)[C@H](O)[C@H](O)[C@H]1O. The molecule has 0 saturated carbocycles. The van der Waals surface area contributed by atoms with Crippen molar-refractivity contribution in [2.24, 2.45) is 0 Å². The Labute approximate surface area is 231 Å². The second-order valence-electron chi connectivity index (χ2n) is 10.1. The number of phenols is 2. The molecule has 1 aromatic heterocycles. The standard InChI is InChI=1S/C27H30O14/c1-9-19(32)21(34)24(37)27(38-9)39-11-4-2-10(3-5-11)15-7-14(31)17-12(29)6-13(30)18(25(17)40-15)26-23(36)22(35)20(33)16(8-28)41-26/h2-7,9,16,19-24,26-30,32-37H,8H2,1H3/t9-,16+,19-,20+,21+,22-,23+,24+,26-,27-/m0/s1. The van der Waals surface area contributed by atoms with Crippen LogP contribution in [0.2, 0.25) is 0 Å². The van der Waals surface area contributed by atoms with Crippen LogP contribution in [0.5, 0.6) is 17.2 Å². The molecule has 3 aromatic rings. The normalized spacial score (nSPS) is 34.0. The number of hydrogen-bond donors (Lipinski definition) is 9. The highest BCUT2D eigenvalue weighted by atomic mass is 16.7. The molecule has 0 spiro atoms. The van der Waals surface area contributed by atoms with E-state index in [4.69, 9.17) is 18.6 Å². The minimum Gasteiger partial charge on any atom is -0.507 e. The van der Waals surface area contributed by atoms with E-state index >= 15 is 0 Å². The van der Waals surface area contributed by atoms with Crippen LogP contribution in [0.3, 0.4) is 0 Å². The molecule has 14 nitrogen and oxygen atoms in total. The average Bonchev–Trinajstić information content (AvgIpc) is 2.94. The number of phenolic OH excluding ortho intramolecular Hbond substituents is 2. The number of aromatic hydroxyl groups is 2. The Bertz CT molecular complexity index is 1450. The lowest BCUT2D eigenvalue weighted by atomic mass is 9.89. The van der Waals surface area contributed by atoms with Crippen molar-refractivity contribution in [1.82, 2.24) is 0 Å². The van der Waals surface area contributed by atoms with Gasteiger partial charge in [0.25, 0.3) is 0 Å². The predicted octanol–water partition coefficient (Wildman–Crippen LogP) is -1.41. The van der Waals surface area contributed by atoms with Crippen molar-refractivity contribution >= 4 is 11.0 Å². The van der Waals surface area contributed by atoms with Crippen LogP contribution in [-0.4, -0.2) is 108 Å². The van der Waals surface area contributed by atoms with E-state index in [0.29, 0.717) is 5.56 Å². The van der Waals surface area contributed by atoms with Gasteiger partial charge in [0.1, 0.15) is 77.2 Å². The lowest BCUT2D eigenvalue weighted by Crippen LogP contribution is -2.58. The van der Waals surface area contributed by atoms with Crippen molar-refractivity contribution in [3.05, 3.63) is 52.2 Å². The maximum absolute atomic E-state index is 13.1. The number of aliphatic hydroxyl groups excluding tert-OH is 7. The summed E-state index contributed by atoms with van der Waals surface area (Å²) in [6.07, 6.45) is -14.5. The zero-order valence-electron chi connectivity index (χ0n) is 21.5. The highest BCUT2D eigenvalue weighted by Crippen LogP contribution is 2.43. The van der Waals surface area contributed by atoms with Crippen molar-refractivity contribution in [2.75, 3.05) is 6.61 Å². The molecule has 2 aromatic carbocycles. The monoisotopic (exact) mass is 578 g/mol. The van der Waals surface area contributed by atoms with Crippen LogP contribution in [0.1, 0.15) is 18.6 Å². The zero-order chi connectivity index (χ0) is 29.7. The van der Waals surface area contributed by atoms with Crippen LogP contribution >= 0.6 is 0 Å². The predicted molar refractivity (Wildman–Crippen MR) is 137 cm³/mol. The van der Waals surface area contributed by atoms with E-state index in [1.807, 2.05) is 0 Å². The van der Waals surface area contributed by atoms with Gasteiger partial charge in [0, 0.05) is 17.7 Å². The smallest absolute Gasteiger partial charge is 0.229 e. The third-order valence-corrected chi connectivity index (χ3v) is 7.37. The maximum Gasteiger partial charge on any atom is 0.229 e. The van der Waals surface area contributed by atoms with Gasteiger partial charge in [-0.05, 0) is 31.2 Å². The van der Waals surface area contributed by atoms with Crippen molar-refractivity contribution in [2.45, 2.75) is 68.1 Å². The second-order valence-corrected chi connectivity index (χ2v) is 10.1. The Morgan fingerprint density at radius 3 is 2.12 bits per heavy atom. The highest BCUT2D eigenvalue weighted by Gasteiger charge is 2.46. The van der Waals surface area contributed by atoms with E-state index in [1.165, 1.54) is 31.2 Å². The van der Waals surface area contributed by atoms with Crippen LogP contribution < -0.4 is 10.2 Å². The third-order valence-electron chi connectivity index (χ3n) is 7.37.